The minimum absolute atomic E-state index is 0.135. The van der Waals surface area contributed by atoms with E-state index < -0.39 is 30.0 Å². The summed E-state index contributed by atoms with van der Waals surface area (Å²) in [7, 11) is 0. The largest absolute Gasteiger partial charge is 0.481 e. The molecule has 1 aromatic carbocycles. The normalized spacial score (nSPS) is 22.1. The molecule has 1 heterocycles. The molecule has 0 spiro atoms. The van der Waals surface area contributed by atoms with Crippen LogP contribution in [0.15, 0.2) is 30.3 Å². The third-order valence-corrected chi connectivity index (χ3v) is 3.67. The zero-order valence-electron chi connectivity index (χ0n) is 12.0. The van der Waals surface area contributed by atoms with E-state index in [1.165, 1.54) is 0 Å². The van der Waals surface area contributed by atoms with Gasteiger partial charge >= 0.3 is 5.97 Å². The second-order valence-corrected chi connectivity index (χ2v) is 5.39. The molecule has 118 valence electrons. The molecule has 22 heavy (non-hydrogen) atoms. The summed E-state index contributed by atoms with van der Waals surface area (Å²) in [4.78, 5) is 34.0. The first-order valence-corrected chi connectivity index (χ1v) is 7.06. The average molecular weight is 305 g/mol. The van der Waals surface area contributed by atoms with Crippen molar-refractivity contribution in [1.29, 1.82) is 0 Å². The fraction of sp³-hybridized carbons (Fsp3) is 0.400. The van der Waals surface area contributed by atoms with Crippen molar-refractivity contribution in [2.24, 2.45) is 5.73 Å². The molecule has 0 bridgehead atoms. The van der Waals surface area contributed by atoms with Crippen molar-refractivity contribution in [1.82, 2.24) is 10.6 Å². The van der Waals surface area contributed by atoms with Crippen LogP contribution in [0.2, 0.25) is 0 Å². The Morgan fingerprint density at radius 2 is 2.05 bits per heavy atom. The fourth-order valence-electron chi connectivity index (χ4n) is 2.61. The highest BCUT2D eigenvalue weighted by atomic mass is 16.4. The van der Waals surface area contributed by atoms with Crippen molar-refractivity contribution in [3.63, 3.8) is 0 Å². The quantitative estimate of drug-likeness (QED) is 0.536. The maximum Gasteiger partial charge on any atom is 0.305 e. The fourth-order valence-corrected chi connectivity index (χ4v) is 2.61. The molecule has 0 saturated carbocycles. The summed E-state index contributed by atoms with van der Waals surface area (Å²) >= 11 is 0. The first kappa shape index (κ1) is 16.0. The van der Waals surface area contributed by atoms with E-state index in [1.807, 2.05) is 30.3 Å². The minimum Gasteiger partial charge on any atom is -0.481 e. The van der Waals surface area contributed by atoms with Crippen molar-refractivity contribution >= 4 is 17.8 Å². The smallest absolute Gasteiger partial charge is 0.305 e. The van der Waals surface area contributed by atoms with Gasteiger partial charge in [0.2, 0.25) is 11.8 Å². The number of nitrogens with one attached hydrogen (secondary N) is 2. The van der Waals surface area contributed by atoms with Gasteiger partial charge in [0.25, 0.3) is 0 Å². The van der Waals surface area contributed by atoms with E-state index in [-0.39, 0.29) is 18.7 Å². The molecule has 1 aliphatic heterocycles. The van der Waals surface area contributed by atoms with Crippen molar-refractivity contribution in [2.75, 3.05) is 0 Å². The van der Waals surface area contributed by atoms with Crippen LogP contribution in [0.1, 0.15) is 18.4 Å². The summed E-state index contributed by atoms with van der Waals surface area (Å²) in [5.74, 6) is -1.76. The summed E-state index contributed by atoms with van der Waals surface area (Å²) in [6.45, 7) is 0. The van der Waals surface area contributed by atoms with E-state index in [2.05, 4.69) is 10.6 Å². The molecule has 0 unspecified atom stereocenters. The molecule has 2 amide bonds. The summed E-state index contributed by atoms with van der Waals surface area (Å²) in [6.07, 6.45) is 0.331. The van der Waals surface area contributed by atoms with Crippen molar-refractivity contribution < 1.29 is 19.5 Å². The molecule has 0 aromatic heterocycles. The lowest BCUT2D eigenvalue weighted by Gasteiger charge is -2.24. The monoisotopic (exact) mass is 305 g/mol. The van der Waals surface area contributed by atoms with Crippen LogP contribution < -0.4 is 16.4 Å². The number of benzene rings is 1. The number of carboxylic acid groups (broad SMARTS) is 1. The second kappa shape index (κ2) is 7.04. The predicted octanol–water partition coefficient (Wildman–Crippen LogP) is -0.596. The first-order valence-electron chi connectivity index (χ1n) is 7.06. The van der Waals surface area contributed by atoms with E-state index in [9.17, 15) is 14.4 Å². The summed E-state index contributed by atoms with van der Waals surface area (Å²) in [5.41, 5.74) is 6.36. The Morgan fingerprint density at radius 3 is 2.64 bits per heavy atom. The van der Waals surface area contributed by atoms with Gasteiger partial charge < -0.3 is 21.5 Å². The zero-order valence-corrected chi connectivity index (χ0v) is 12.0. The van der Waals surface area contributed by atoms with Gasteiger partial charge in [0.05, 0.1) is 18.5 Å². The number of nitrogens with two attached hydrogens (primary N) is 1. The van der Waals surface area contributed by atoms with E-state index in [4.69, 9.17) is 10.8 Å². The number of rotatable bonds is 7. The topological polar surface area (TPSA) is 122 Å². The Labute approximate surface area is 127 Å². The number of hydrogen-bond donors (Lipinski definition) is 4. The van der Waals surface area contributed by atoms with Gasteiger partial charge in [-0.1, -0.05) is 30.3 Å². The lowest BCUT2D eigenvalue weighted by molar-refractivity contribution is -0.137. The van der Waals surface area contributed by atoms with Crippen LogP contribution in [0.5, 0.6) is 0 Å². The highest BCUT2D eigenvalue weighted by Gasteiger charge is 2.35. The van der Waals surface area contributed by atoms with E-state index in [1.54, 1.807) is 0 Å². The number of primary amides is 1. The summed E-state index contributed by atoms with van der Waals surface area (Å²) < 4.78 is 0. The molecule has 1 saturated heterocycles. The van der Waals surface area contributed by atoms with Gasteiger partial charge in [-0.2, -0.15) is 0 Å². The lowest BCUT2D eigenvalue weighted by atomic mass is 10.0. The Hall–Kier alpha value is -2.41. The van der Waals surface area contributed by atoms with E-state index in [0.717, 1.165) is 5.56 Å². The molecule has 5 N–H and O–H groups in total. The van der Waals surface area contributed by atoms with E-state index >= 15 is 0 Å². The van der Waals surface area contributed by atoms with Gasteiger partial charge in [-0.3, -0.25) is 14.4 Å². The van der Waals surface area contributed by atoms with Crippen LogP contribution in [-0.2, 0) is 20.8 Å². The Balaban J connectivity index is 2.05. The molecular weight excluding hydrogens is 286 g/mol. The number of amides is 2. The SMILES string of the molecule is NC(=O)[C@H](Cc1ccccc1)N[C@H]1CC(=O)N[C@H]1CC(=O)O. The van der Waals surface area contributed by atoms with Crippen LogP contribution in [0.25, 0.3) is 0 Å². The van der Waals surface area contributed by atoms with Crippen LogP contribution in [-0.4, -0.2) is 41.0 Å². The van der Waals surface area contributed by atoms with Crippen LogP contribution in [0.4, 0.5) is 0 Å². The highest BCUT2D eigenvalue weighted by molar-refractivity contribution is 5.83. The molecule has 1 aliphatic rings. The van der Waals surface area contributed by atoms with Gasteiger partial charge in [-0.25, -0.2) is 0 Å². The highest BCUT2D eigenvalue weighted by Crippen LogP contribution is 2.14. The van der Waals surface area contributed by atoms with Gasteiger partial charge in [0, 0.05) is 12.5 Å². The Kier molecular flexibility index (Phi) is 5.11. The maximum atomic E-state index is 11.6. The Morgan fingerprint density at radius 1 is 1.36 bits per heavy atom. The molecule has 7 nitrogen and oxygen atoms in total. The number of carbonyl (C=O) groups excluding carboxylic acids is 2. The molecule has 2 rings (SSSR count). The van der Waals surface area contributed by atoms with Gasteiger partial charge in [-0.05, 0) is 12.0 Å². The van der Waals surface area contributed by atoms with E-state index in [0.29, 0.717) is 6.42 Å². The zero-order chi connectivity index (χ0) is 16.1. The standard InChI is InChI=1S/C15H19N3O4/c16-15(22)12(6-9-4-2-1-3-5-9)17-10-7-13(19)18-11(10)8-14(20)21/h1-5,10-12,17H,6-8H2,(H2,16,22)(H,18,19)(H,20,21)/t10-,11-,12-/m0/s1. The lowest BCUT2D eigenvalue weighted by Crippen LogP contribution is -2.52. The average Bonchev–Trinajstić information content (AvgIpc) is 2.78. The molecule has 1 aromatic rings. The van der Waals surface area contributed by atoms with Gasteiger partial charge in [0.15, 0.2) is 0 Å². The summed E-state index contributed by atoms with van der Waals surface area (Å²) in [6, 6.07) is 7.74. The van der Waals surface area contributed by atoms with Crippen LogP contribution in [0, 0.1) is 0 Å². The molecule has 1 fully saturated rings. The summed E-state index contributed by atoms with van der Waals surface area (Å²) in [5, 5.41) is 14.5. The molecule has 7 heteroatoms. The van der Waals surface area contributed by atoms with Crippen molar-refractivity contribution in [3.8, 4) is 0 Å². The molecule has 0 aliphatic carbocycles. The predicted molar refractivity (Wildman–Crippen MR) is 78.9 cm³/mol. The first-order chi connectivity index (χ1) is 10.5. The molecular formula is C15H19N3O4. The third kappa shape index (κ3) is 4.29. The Bertz CT molecular complexity index is 561. The molecule has 0 radical (unpaired) electrons. The number of hydrogen-bond acceptors (Lipinski definition) is 4. The molecule has 3 atom stereocenters. The third-order valence-electron chi connectivity index (χ3n) is 3.67. The van der Waals surface area contributed by atoms with Crippen molar-refractivity contribution in [2.45, 2.75) is 37.4 Å². The second-order valence-electron chi connectivity index (χ2n) is 5.39. The van der Waals surface area contributed by atoms with Gasteiger partial charge in [-0.15, -0.1) is 0 Å². The number of aliphatic carboxylic acids is 1. The number of carbonyl (C=O) groups is 3. The number of carboxylic acids is 1. The maximum absolute atomic E-state index is 11.6. The van der Waals surface area contributed by atoms with Crippen LogP contribution >= 0.6 is 0 Å². The van der Waals surface area contributed by atoms with Gasteiger partial charge in [0.1, 0.15) is 0 Å². The van der Waals surface area contributed by atoms with Crippen LogP contribution in [0.3, 0.4) is 0 Å². The minimum atomic E-state index is -1.00. The van der Waals surface area contributed by atoms with Crippen molar-refractivity contribution in [3.05, 3.63) is 35.9 Å².